The van der Waals surface area contributed by atoms with E-state index in [1.54, 1.807) is 6.92 Å². The summed E-state index contributed by atoms with van der Waals surface area (Å²) in [6, 6.07) is 35.9. The molecular formula is C69H91BO5. The molecule has 2 N–H and O–H groups in total. The van der Waals surface area contributed by atoms with Crippen molar-refractivity contribution in [2.75, 3.05) is 0 Å². The van der Waals surface area contributed by atoms with E-state index in [0.717, 1.165) is 88.1 Å². The largest absolute Gasteiger partial charge is 0.495 e. The summed E-state index contributed by atoms with van der Waals surface area (Å²) in [7, 11) is -0.344. The van der Waals surface area contributed by atoms with Gasteiger partial charge in [0.05, 0.1) is 22.4 Å². The molecule has 3 fully saturated rings. The Morgan fingerprint density at radius 2 is 0.920 bits per heavy atom. The number of aryl methyl sites for hydroxylation is 4. The van der Waals surface area contributed by atoms with Gasteiger partial charge in [-0.25, -0.2) is 0 Å². The normalized spacial score (nSPS) is 18.3. The van der Waals surface area contributed by atoms with Gasteiger partial charge in [-0.2, -0.15) is 0 Å². The van der Waals surface area contributed by atoms with Crippen molar-refractivity contribution in [3.63, 3.8) is 0 Å². The molecule has 5 aromatic carbocycles. The fourth-order valence-corrected chi connectivity index (χ4v) is 12.5. The Balaban J connectivity index is 0.000000219. The second-order valence-electron chi connectivity index (χ2n) is 24.0. The van der Waals surface area contributed by atoms with Gasteiger partial charge in [0.15, 0.2) is 0 Å². The van der Waals surface area contributed by atoms with Crippen LogP contribution in [0.25, 0.3) is 23.3 Å². The predicted octanol–water partition coefficient (Wildman–Crippen LogP) is 16.3. The first-order valence-electron chi connectivity index (χ1n) is 28.8. The van der Waals surface area contributed by atoms with Crippen molar-refractivity contribution < 1.29 is 24.3 Å². The molecule has 0 atom stereocenters. The van der Waals surface area contributed by atoms with Crippen LogP contribution in [0.5, 0.6) is 0 Å². The minimum Gasteiger partial charge on any atom is -0.399 e. The van der Waals surface area contributed by atoms with Crippen molar-refractivity contribution in [1.82, 2.24) is 0 Å². The highest BCUT2D eigenvalue weighted by Crippen LogP contribution is 2.44. The molecule has 0 aromatic heterocycles. The number of hydrogen-bond donors (Lipinski definition) is 2. The quantitative estimate of drug-likeness (QED) is 0.0963. The molecule has 3 aliphatic rings. The number of Topliss-reactive ketones (excluding diaryl/α,β-unsaturated/α-hetero) is 1. The summed E-state index contributed by atoms with van der Waals surface area (Å²) in [6.07, 6.45) is 23.3. The van der Waals surface area contributed by atoms with Gasteiger partial charge in [-0.1, -0.05) is 193 Å². The molecule has 0 amide bonds. The van der Waals surface area contributed by atoms with Crippen molar-refractivity contribution in [2.45, 2.75) is 220 Å². The molecule has 0 bridgehead atoms. The van der Waals surface area contributed by atoms with Gasteiger partial charge >= 0.3 is 7.12 Å². The molecule has 0 radical (unpaired) electrons. The molecular weight excluding hydrogens is 920 g/mol. The van der Waals surface area contributed by atoms with Crippen molar-refractivity contribution in [1.29, 1.82) is 0 Å². The molecule has 5 aromatic rings. The van der Waals surface area contributed by atoms with Crippen molar-refractivity contribution in [3.05, 3.63) is 170 Å². The first-order valence-corrected chi connectivity index (χ1v) is 28.8. The van der Waals surface area contributed by atoms with Crippen LogP contribution in [-0.4, -0.2) is 45.5 Å². The Morgan fingerprint density at radius 1 is 0.533 bits per heavy atom. The molecule has 2 saturated carbocycles. The van der Waals surface area contributed by atoms with Gasteiger partial charge in [-0.3, -0.25) is 4.79 Å². The standard InChI is InChI=1S/C36H44O2.C33H47BO3/c1-6-36(7-2,32-16-15-30(26(3)23-32)19-22-35(38)20-9-8-10-21-35)33-17-18-34(27(4)24-33)31-13-11-29(12-14-31)25-28(5)37;1-9-33(10-2,27-15-14-26(24(3)22-27)18-21-32(35)19-12-11-13-20-32)28-16-17-29(25(4)23-28)34-36-30(5,6)31(7,8)37-34/h11-19,22-24,38H,6-10,20-21,25H2,1-5H3;14-18,21-23,35H,9-13,19-20H2,1-8H3/b22-19+;21-18+. The molecule has 400 valence electrons. The topological polar surface area (TPSA) is 76.0 Å². The van der Waals surface area contributed by atoms with Gasteiger partial charge in [0.25, 0.3) is 0 Å². The van der Waals surface area contributed by atoms with Crippen LogP contribution >= 0.6 is 0 Å². The van der Waals surface area contributed by atoms with Crippen molar-refractivity contribution >= 4 is 30.5 Å². The van der Waals surface area contributed by atoms with Crippen LogP contribution in [-0.2, 0) is 31.4 Å². The van der Waals surface area contributed by atoms with E-state index in [2.05, 4.69) is 192 Å². The van der Waals surface area contributed by atoms with Crippen LogP contribution in [0.3, 0.4) is 0 Å². The van der Waals surface area contributed by atoms with E-state index in [1.807, 2.05) is 12.2 Å². The molecule has 0 spiro atoms. The van der Waals surface area contributed by atoms with Crippen LogP contribution in [0.1, 0.15) is 213 Å². The average molecular weight is 1010 g/mol. The maximum atomic E-state index is 11.5. The number of carbonyl (C=O) groups is 1. The maximum absolute atomic E-state index is 11.5. The molecule has 8 rings (SSSR count). The van der Waals surface area contributed by atoms with Crippen LogP contribution in [0.15, 0.2) is 109 Å². The van der Waals surface area contributed by atoms with Gasteiger partial charge in [-0.05, 0) is 186 Å². The SMILES string of the molecule is CCC(CC)(c1ccc(/C=C/C2(O)CCCCC2)c(C)c1)c1ccc(-c2ccc(CC(C)=O)cc2)c(C)c1.CCC(CC)(c1ccc(/C=C/C2(O)CCCCC2)c(C)c1)c1ccc(B2OC(C)(C)C(C)(C)O2)c(C)c1. The summed E-state index contributed by atoms with van der Waals surface area (Å²) in [5.74, 6) is 0.189. The lowest BCUT2D eigenvalue weighted by Crippen LogP contribution is -2.41. The highest BCUT2D eigenvalue weighted by Gasteiger charge is 2.52. The van der Waals surface area contributed by atoms with E-state index in [0.29, 0.717) is 6.42 Å². The number of benzene rings is 5. The molecule has 1 heterocycles. The highest BCUT2D eigenvalue weighted by atomic mass is 16.7. The third-order valence-electron chi connectivity index (χ3n) is 18.5. The van der Waals surface area contributed by atoms with Crippen LogP contribution < -0.4 is 5.46 Å². The summed E-state index contributed by atoms with van der Waals surface area (Å²) in [6.45, 7) is 28.0. The number of aliphatic hydroxyl groups is 2. The summed E-state index contributed by atoms with van der Waals surface area (Å²) in [5, 5.41) is 21.8. The van der Waals surface area contributed by atoms with Gasteiger partial charge in [0.1, 0.15) is 5.78 Å². The Kier molecular flexibility index (Phi) is 18.4. The van der Waals surface area contributed by atoms with Crippen molar-refractivity contribution in [2.24, 2.45) is 0 Å². The number of hydrogen-bond acceptors (Lipinski definition) is 5. The molecule has 2 aliphatic carbocycles. The third kappa shape index (κ3) is 12.8. The van der Waals surface area contributed by atoms with E-state index in [-0.39, 0.29) is 34.9 Å². The molecule has 0 unspecified atom stereocenters. The van der Waals surface area contributed by atoms with Crippen molar-refractivity contribution in [3.8, 4) is 11.1 Å². The zero-order valence-electron chi connectivity index (χ0n) is 48.4. The van der Waals surface area contributed by atoms with E-state index < -0.39 is 11.2 Å². The lowest BCUT2D eigenvalue weighted by molar-refractivity contribution is -0.116. The Bertz CT molecular complexity index is 2790. The highest BCUT2D eigenvalue weighted by molar-refractivity contribution is 6.62. The van der Waals surface area contributed by atoms with Gasteiger partial charge in [0, 0.05) is 17.3 Å². The summed E-state index contributed by atoms with van der Waals surface area (Å²) < 4.78 is 12.7. The zero-order valence-corrected chi connectivity index (χ0v) is 48.4. The molecule has 1 aliphatic heterocycles. The molecule has 75 heavy (non-hydrogen) atoms. The number of ketones is 1. The smallest absolute Gasteiger partial charge is 0.399 e. The van der Waals surface area contributed by atoms with Crippen LogP contribution in [0.2, 0.25) is 0 Å². The predicted molar refractivity (Wildman–Crippen MR) is 317 cm³/mol. The summed E-state index contributed by atoms with van der Waals surface area (Å²) in [4.78, 5) is 11.5. The monoisotopic (exact) mass is 1010 g/mol. The summed E-state index contributed by atoms with van der Waals surface area (Å²) in [5.41, 5.74) is 15.3. The Morgan fingerprint density at radius 3 is 1.29 bits per heavy atom. The Hall–Kier alpha value is -4.85. The fourth-order valence-electron chi connectivity index (χ4n) is 12.5. The summed E-state index contributed by atoms with van der Waals surface area (Å²) >= 11 is 0. The van der Waals surface area contributed by atoms with Crippen LogP contribution in [0.4, 0.5) is 0 Å². The van der Waals surface area contributed by atoms with E-state index in [1.165, 1.54) is 79.6 Å². The van der Waals surface area contributed by atoms with Gasteiger partial charge in [-0.15, -0.1) is 0 Å². The van der Waals surface area contributed by atoms with Gasteiger partial charge in [0.2, 0.25) is 0 Å². The molecule has 1 saturated heterocycles. The fraction of sp³-hybridized carbons (Fsp3) is 0.493. The van der Waals surface area contributed by atoms with E-state index in [4.69, 9.17) is 9.31 Å². The second-order valence-corrected chi connectivity index (χ2v) is 24.0. The van der Waals surface area contributed by atoms with E-state index in [9.17, 15) is 15.0 Å². The third-order valence-corrected chi connectivity index (χ3v) is 18.5. The second kappa shape index (κ2) is 23.8. The average Bonchev–Trinajstić information content (AvgIpc) is 3.60. The lowest BCUT2D eigenvalue weighted by Gasteiger charge is -2.34. The minimum atomic E-state index is -0.646. The first-order chi connectivity index (χ1) is 35.6. The lowest BCUT2D eigenvalue weighted by atomic mass is 9.68. The van der Waals surface area contributed by atoms with Gasteiger partial charge < -0.3 is 19.5 Å². The minimum absolute atomic E-state index is 0.0524. The van der Waals surface area contributed by atoms with Crippen LogP contribution in [0, 0.1) is 27.7 Å². The first kappa shape index (κ1) is 57.9. The number of carbonyl (C=O) groups excluding carboxylic acids is 1. The Labute approximate surface area is 453 Å². The zero-order chi connectivity index (χ0) is 54.4. The van der Waals surface area contributed by atoms with E-state index >= 15 is 0 Å². The maximum Gasteiger partial charge on any atom is 0.495 e. The number of rotatable bonds is 16. The molecule has 6 heteroatoms. The molecule has 5 nitrogen and oxygen atoms in total.